The number of amides is 1. The standard InChI is InChI=1S/C14H19BrF2N2O2/c1-8(7-18-13(20)21-14(2,3)4)19-12-10(16)5-9(15)6-11(12)17/h5-6,8,19H,7H2,1-4H3,(H,18,20). The smallest absolute Gasteiger partial charge is 0.407 e. The Morgan fingerprint density at radius 1 is 1.33 bits per heavy atom. The molecule has 0 bridgehead atoms. The van der Waals surface area contributed by atoms with Crippen LogP contribution in [0.5, 0.6) is 0 Å². The SMILES string of the molecule is CC(CNC(=O)OC(C)(C)C)Nc1c(F)cc(Br)cc1F. The van der Waals surface area contributed by atoms with Crippen LogP contribution in [0.2, 0.25) is 0 Å². The molecule has 1 unspecified atom stereocenters. The van der Waals surface area contributed by atoms with Crippen molar-refractivity contribution in [2.75, 3.05) is 11.9 Å². The summed E-state index contributed by atoms with van der Waals surface area (Å²) in [5, 5.41) is 5.21. The molecule has 118 valence electrons. The van der Waals surface area contributed by atoms with E-state index < -0.39 is 23.3 Å². The van der Waals surface area contributed by atoms with Gasteiger partial charge in [-0.25, -0.2) is 13.6 Å². The second-order valence-electron chi connectivity index (χ2n) is 5.67. The lowest BCUT2D eigenvalue weighted by molar-refractivity contribution is 0.0526. The van der Waals surface area contributed by atoms with E-state index in [1.54, 1.807) is 27.7 Å². The Labute approximate surface area is 131 Å². The molecule has 1 aromatic rings. The Morgan fingerprint density at radius 2 is 1.86 bits per heavy atom. The summed E-state index contributed by atoms with van der Waals surface area (Å²) in [4.78, 5) is 11.5. The van der Waals surface area contributed by atoms with Crippen LogP contribution >= 0.6 is 15.9 Å². The fourth-order valence-corrected chi connectivity index (χ4v) is 1.93. The molecule has 0 fully saturated rings. The second-order valence-corrected chi connectivity index (χ2v) is 6.59. The van der Waals surface area contributed by atoms with Crippen LogP contribution in [0.3, 0.4) is 0 Å². The van der Waals surface area contributed by atoms with Crippen molar-refractivity contribution in [1.29, 1.82) is 0 Å². The first-order valence-electron chi connectivity index (χ1n) is 6.46. The Balaban J connectivity index is 2.55. The van der Waals surface area contributed by atoms with Crippen LogP contribution in [0.1, 0.15) is 27.7 Å². The lowest BCUT2D eigenvalue weighted by atomic mass is 10.2. The third-order valence-corrected chi connectivity index (χ3v) is 2.81. The first-order valence-corrected chi connectivity index (χ1v) is 7.25. The Bertz CT molecular complexity index is 495. The highest BCUT2D eigenvalue weighted by molar-refractivity contribution is 9.10. The molecule has 2 N–H and O–H groups in total. The molecule has 0 aliphatic heterocycles. The van der Waals surface area contributed by atoms with E-state index in [0.717, 1.165) is 0 Å². The molecule has 21 heavy (non-hydrogen) atoms. The van der Waals surface area contributed by atoms with Gasteiger partial charge in [-0.15, -0.1) is 0 Å². The molecule has 1 rings (SSSR count). The van der Waals surface area contributed by atoms with E-state index in [1.807, 2.05) is 0 Å². The molecule has 0 saturated heterocycles. The molecule has 0 spiro atoms. The molecule has 7 heteroatoms. The number of halogens is 3. The molecule has 1 amide bonds. The normalized spacial score (nSPS) is 12.7. The highest BCUT2D eigenvalue weighted by Gasteiger charge is 2.17. The van der Waals surface area contributed by atoms with Crippen molar-refractivity contribution in [2.24, 2.45) is 0 Å². The molecule has 0 aliphatic carbocycles. The molecule has 0 radical (unpaired) electrons. The first kappa shape index (κ1) is 17.7. The topological polar surface area (TPSA) is 50.4 Å². The maximum Gasteiger partial charge on any atom is 0.407 e. The van der Waals surface area contributed by atoms with Crippen LogP contribution in [-0.4, -0.2) is 24.3 Å². The molecule has 0 saturated carbocycles. The van der Waals surface area contributed by atoms with Gasteiger partial charge < -0.3 is 15.4 Å². The average Bonchev–Trinajstić information content (AvgIpc) is 2.29. The zero-order valence-corrected chi connectivity index (χ0v) is 14.0. The lowest BCUT2D eigenvalue weighted by Gasteiger charge is -2.21. The van der Waals surface area contributed by atoms with Crippen LogP contribution < -0.4 is 10.6 Å². The quantitative estimate of drug-likeness (QED) is 0.846. The molecular formula is C14H19BrF2N2O2. The van der Waals surface area contributed by atoms with Crippen molar-refractivity contribution in [3.8, 4) is 0 Å². The summed E-state index contributed by atoms with van der Waals surface area (Å²) >= 11 is 3.01. The summed E-state index contributed by atoms with van der Waals surface area (Å²) in [6, 6.07) is 1.96. The maximum absolute atomic E-state index is 13.6. The zero-order valence-electron chi connectivity index (χ0n) is 12.4. The zero-order chi connectivity index (χ0) is 16.2. The molecule has 4 nitrogen and oxygen atoms in total. The van der Waals surface area contributed by atoms with Gasteiger partial charge in [0.1, 0.15) is 22.9 Å². The van der Waals surface area contributed by atoms with Crippen LogP contribution in [0.15, 0.2) is 16.6 Å². The fourth-order valence-electron chi connectivity index (χ4n) is 1.53. The summed E-state index contributed by atoms with van der Waals surface area (Å²) in [6.45, 7) is 7.12. The molecular weight excluding hydrogens is 346 g/mol. The second kappa shape index (κ2) is 7.06. The molecule has 0 heterocycles. The Hall–Kier alpha value is -1.37. The number of carbonyl (C=O) groups excluding carboxylic acids is 1. The minimum absolute atomic E-state index is 0.170. The predicted molar refractivity (Wildman–Crippen MR) is 81.4 cm³/mol. The largest absolute Gasteiger partial charge is 0.444 e. The molecule has 1 atom stereocenters. The Morgan fingerprint density at radius 3 is 2.33 bits per heavy atom. The molecule has 1 aromatic carbocycles. The average molecular weight is 365 g/mol. The van der Waals surface area contributed by atoms with E-state index in [-0.39, 0.29) is 18.3 Å². The van der Waals surface area contributed by atoms with Crippen molar-refractivity contribution in [2.45, 2.75) is 39.3 Å². The van der Waals surface area contributed by atoms with Gasteiger partial charge >= 0.3 is 6.09 Å². The van der Waals surface area contributed by atoms with E-state index in [4.69, 9.17) is 4.74 Å². The number of hydrogen-bond acceptors (Lipinski definition) is 3. The van der Waals surface area contributed by atoms with E-state index >= 15 is 0 Å². The van der Waals surface area contributed by atoms with Crippen molar-refractivity contribution >= 4 is 27.7 Å². The third-order valence-electron chi connectivity index (χ3n) is 2.35. The van der Waals surface area contributed by atoms with Gasteiger partial charge in [-0.2, -0.15) is 0 Å². The summed E-state index contributed by atoms with van der Waals surface area (Å²) in [7, 11) is 0. The highest BCUT2D eigenvalue weighted by Crippen LogP contribution is 2.24. The van der Waals surface area contributed by atoms with E-state index in [1.165, 1.54) is 12.1 Å². The highest BCUT2D eigenvalue weighted by atomic mass is 79.9. The summed E-state index contributed by atoms with van der Waals surface area (Å²) < 4.78 is 32.7. The lowest BCUT2D eigenvalue weighted by Crippen LogP contribution is -2.38. The van der Waals surface area contributed by atoms with Gasteiger partial charge in [-0.3, -0.25) is 0 Å². The minimum atomic E-state index is -0.703. The number of benzene rings is 1. The number of hydrogen-bond donors (Lipinski definition) is 2. The third kappa shape index (κ3) is 6.29. The maximum atomic E-state index is 13.6. The van der Waals surface area contributed by atoms with Crippen LogP contribution in [0.25, 0.3) is 0 Å². The van der Waals surface area contributed by atoms with Gasteiger partial charge in [0.15, 0.2) is 0 Å². The minimum Gasteiger partial charge on any atom is -0.444 e. The monoisotopic (exact) mass is 364 g/mol. The molecule has 0 aliphatic rings. The number of ether oxygens (including phenoxy) is 1. The van der Waals surface area contributed by atoms with Gasteiger partial charge in [-0.1, -0.05) is 15.9 Å². The van der Waals surface area contributed by atoms with Crippen LogP contribution in [0, 0.1) is 11.6 Å². The van der Waals surface area contributed by atoms with Gasteiger partial charge in [0.05, 0.1) is 0 Å². The summed E-state index contributed by atoms with van der Waals surface area (Å²) in [5.41, 5.74) is -0.818. The number of rotatable bonds is 4. The van der Waals surface area contributed by atoms with Crippen LogP contribution in [0.4, 0.5) is 19.3 Å². The van der Waals surface area contributed by atoms with E-state index in [2.05, 4.69) is 26.6 Å². The van der Waals surface area contributed by atoms with Gasteiger partial charge in [0.2, 0.25) is 0 Å². The fraction of sp³-hybridized carbons (Fsp3) is 0.500. The van der Waals surface area contributed by atoms with Gasteiger partial charge in [0, 0.05) is 17.1 Å². The number of anilines is 1. The molecule has 0 aromatic heterocycles. The van der Waals surface area contributed by atoms with Crippen molar-refractivity contribution in [1.82, 2.24) is 5.32 Å². The predicted octanol–water partition coefficient (Wildman–Crippen LogP) is 4.05. The van der Waals surface area contributed by atoms with Crippen LogP contribution in [-0.2, 0) is 4.74 Å². The Kier molecular flexibility index (Phi) is 5.95. The van der Waals surface area contributed by atoms with Gasteiger partial charge in [-0.05, 0) is 39.8 Å². The van der Waals surface area contributed by atoms with E-state index in [9.17, 15) is 13.6 Å². The van der Waals surface area contributed by atoms with Crippen molar-refractivity contribution in [3.63, 3.8) is 0 Å². The number of carbonyl (C=O) groups is 1. The summed E-state index contributed by atoms with van der Waals surface area (Å²) in [5.74, 6) is -1.41. The first-order chi connectivity index (χ1) is 9.58. The van der Waals surface area contributed by atoms with Gasteiger partial charge in [0.25, 0.3) is 0 Å². The van der Waals surface area contributed by atoms with E-state index in [0.29, 0.717) is 4.47 Å². The number of alkyl carbamates (subject to hydrolysis) is 1. The number of nitrogens with one attached hydrogen (secondary N) is 2. The van der Waals surface area contributed by atoms with Crippen molar-refractivity contribution < 1.29 is 18.3 Å². The summed E-state index contributed by atoms with van der Waals surface area (Å²) in [6.07, 6.45) is -0.576. The van der Waals surface area contributed by atoms with Crippen molar-refractivity contribution in [3.05, 3.63) is 28.2 Å².